The summed E-state index contributed by atoms with van der Waals surface area (Å²) >= 11 is 0. The average molecular weight is 445 g/mol. The molecule has 1 unspecified atom stereocenters. The molecule has 1 amide bonds. The lowest BCUT2D eigenvalue weighted by molar-refractivity contribution is -0.127. The van der Waals surface area contributed by atoms with Crippen molar-refractivity contribution in [2.45, 2.75) is 18.9 Å². The summed E-state index contributed by atoms with van der Waals surface area (Å²) < 4.78 is 30.9. The number of nitrogen functional groups attached to an aromatic ring is 1. The van der Waals surface area contributed by atoms with E-state index in [4.69, 9.17) is 19.9 Å². The first-order valence-corrected chi connectivity index (χ1v) is 10.6. The molecule has 4 rings (SSSR count). The number of carbonyl (C=O) groups is 1. The number of halogens is 1. The van der Waals surface area contributed by atoms with Crippen molar-refractivity contribution in [3.05, 3.63) is 24.0 Å². The third-order valence-corrected chi connectivity index (χ3v) is 5.84. The van der Waals surface area contributed by atoms with Crippen molar-refractivity contribution in [2.24, 2.45) is 5.92 Å². The van der Waals surface area contributed by atoms with Crippen molar-refractivity contribution < 1.29 is 23.4 Å². The van der Waals surface area contributed by atoms with Gasteiger partial charge >= 0.3 is 0 Å². The van der Waals surface area contributed by atoms with E-state index in [0.29, 0.717) is 37.5 Å². The van der Waals surface area contributed by atoms with E-state index in [2.05, 4.69) is 9.97 Å². The van der Waals surface area contributed by atoms with Crippen LogP contribution in [-0.2, 0) is 9.53 Å². The maximum Gasteiger partial charge on any atom is 0.246 e. The lowest BCUT2D eigenvalue weighted by Gasteiger charge is -2.41. The van der Waals surface area contributed by atoms with Crippen LogP contribution in [0.1, 0.15) is 12.8 Å². The Morgan fingerprint density at radius 3 is 2.69 bits per heavy atom. The van der Waals surface area contributed by atoms with Gasteiger partial charge in [0.15, 0.2) is 17.3 Å². The van der Waals surface area contributed by atoms with Gasteiger partial charge in [0.05, 0.1) is 26.9 Å². The Balaban J connectivity index is 1.64. The van der Waals surface area contributed by atoms with Crippen LogP contribution in [0, 0.1) is 11.7 Å². The number of nitrogens with two attached hydrogens (primary N) is 1. The van der Waals surface area contributed by atoms with Crippen LogP contribution in [0.15, 0.2) is 18.2 Å². The zero-order chi connectivity index (χ0) is 22.8. The average Bonchev–Trinajstić information content (AvgIpc) is 3.62. The molecule has 9 nitrogen and oxygen atoms in total. The molecular formula is C22H28FN5O4. The monoisotopic (exact) mass is 445 g/mol. The zero-order valence-electron chi connectivity index (χ0n) is 18.5. The Bertz CT molecular complexity index is 1040. The number of rotatable bonds is 7. The summed E-state index contributed by atoms with van der Waals surface area (Å²) in [4.78, 5) is 25.2. The van der Waals surface area contributed by atoms with E-state index in [0.717, 1.165) is 12.8 Å². The molecule has 2 aliphatic rings. The number of nitrogens with zero attached hydrogens (tertiary/aromatic N) is 4. The Morgan fingerprint density at radius 1 is 1.25 bits per heavy atom. The number of ether oxygens (including phenoxy) is 3. The van der Waals surface area contributed by atoms with Gasteiger partial charge in [0.2, 0.25) is 11.9 Å². The SMILES string of the molecule is COCC1CN(C(=O)C=CC2CC2)CCN1c1nc(N)c2cc(OC)c(OC)c(F)c2n1. The van der Waals surface area contributed by atoms with Crippen LogP contribution in [0.4, 0.5) is 16.2 Å². The number of hydrogen-bond donors (Lipinski definition) is 1. The van der Waals surface area contributed by atoms with Crippen LogP contribution in [0.3, 0.4) is 0 Å². The third-order valence-electron chi connectivity index (χ3n) is 5.84. The Hall–Kier alpha value is -3.14. The Labute approximate surface area is 185 Å². The normalized spacial score (nSPS) is 19.1. The van der Waals surface area contributed by atoms with Gasteiger partial charge in [0, 0.05) is 32.1 Å². The topological polar surface area (TPSA) is 103 Å². The van der Waals surface area contributed by atoms with E-state index in [9.17, 15) is 4.79 Å². The van der Waals surface area contributed by atoms with Gasteiger partial charge in [-0.3, -0.25) is 4.79 Å². The number of fused-ring (bicyclic) bond motifs is 1. The molecule has 2 aromatic rings. The molecule has 1 aliphatic carbocycles. The predicted octanol–water partition coefficient (Wildman–Crippen LogP) is 2.00. The molecule has 0 spiro atoms. The third kappa shape index (κ3) is 4.27. The van der Waals surface area contributed by atoms with E-state index in [-0.39, 0.29) is 40.7 Å². The van der Waals surface area contributed by atoms with Crippen LogP contribution >= 0.6 is 0 Å². The molecular weight excluding hydrogens is 417 g/mol. The van der Waals surface area contributed by atoms with Gasteiger partial charge in [-0.25, -0.2) is 9.37 Å². The lowest BCUT2D eigenvalue weighted by Crippen LogP contribution is -2.56. The van der Waals surface area contributed by atoms with Crippen molar-refractivity contribution in [3.63, 3.8) is 0 Å². The molecule has 0 radical (unpaired) electrons. The summed E-state index contributed by atoms with van der Waals surface area (Å²) in [7, 11) is 4.38. The van der Waals surface area contributed by atoms with Gasteiger partial charge in [-0.05, 0) is 30.9 Å². The number of hydrogen-bond acceptors (Lipinski definition) is 8. The zero-order valence-corrected chi connectivity index (χ0v) is 18.5. The lowest BCUT2D eigenvalue weighted by atomic mass is 10.1. The summed E-state index contributed by atoms with van der Waals surface area (Å²) in [6, 6.07) is 1.36. The van der Waals surface area contributed by atoms with Crippen LogP contribution in [0.2, 0.25) is 0 Å². The fourth-order valence-electron chi connectivity index (χ4n) is 3.93. The highest BCUT2D eigenvalue weighted by Gasteiger charge is 2.32. The first-order chi connectivity index (χ1) is 15.5. The van der Waals surface area contributed by atoms with E-state index in [1.807, 2.05) is 11.0 Å². The van der Waals surface area contributed by atoms with Gasteiger partial charge in [-0.15, -0.1) is 0 Å². The summed E-state index contributed by atoms with van der Waals surface area (Å²) in [5.74, 6) is 0.434. The minimum Gasteiger partial charge on any atom is -0.493 e. The summed E-state index contributed by atoms with van der Waals surface area (Å²) in [6.07, 6.45) is 5.95. The van der Waals surface area contributed by atoms with Crippen LogP contribution in [0.25, 0.3) is 10.9 Å². The smallest absolute Gasteiger partial charge is 0.246 e. The highest BCUT2D eigenvalue weighted by atomic mass is 19.1. The maximum absolute atomic E-state index is 15.2. The second-order valence-electron chi connectivity index (χ2n) is 8.01. The molecule has 172 valence electrons. The number of amides is 1. The Kier molecular flexibility index (Phi) is 6.31. The van der Waals surface area contributed by atoms with Crippen molar-refractivity contribution in [1.29, 1.82) is 0 Å². The molecule has 0 bridgehead atoms. The molecule has 32 heavy (non-hydrogen) atoms. The molecule has 2 N–H and O–H groups in total. The number of aromatic nitrogens is 2. The predicted molar refractivity (Wildman–Crippen MR) is 118 cm³/mol. The molecule has 1 aliphatic heterocycles. The maximum atomic E-state index is 15.2. The fourth-order valence-corrected chi connectivity index (χ4v) is 3.93. The van der Waals surface area contributed by atoms with Gasteiger partial charge in [0.1, 0.15) is 11.3 Å². The largest absolute Gasteiger partial charge is 0.493 e. The van der Waals surface area contributed by atoms with E-state index >= 15 is 4.39 Å². The van der Waals surface area contributed by atoms with Gasteiger partial charge < -0.3 is 29.7 Å². The summed E-state index contributed by atoms with van der Waals surface area (Å²) in [5.41, 5.74) is 6.22. The van der Waals surface area contributed by atoms with E-state index < -0.39 is 5.82 Å². The van der Waals surface area contributed by atoms with Gasteiger partial charge in [-0.2, -0.15) is 4.98 Å². The number of methoxy groups -OCH3 is 3. The number of benzene rings is 1. The summed E-state index contributed by atoms with van der Waals surface area (Å²) in [6.45, 7) is 1.75. The second-order valence-corrected chi connectivity index (χ2v) is 8.01. The fraction of sp³-hybridized carbons (Fsp3) is 0.500. The standard InChI is InChI=1S/C22H28FN5O4/c1-30-12-14-11-27(17(29)7-6-13-4-5-13)8-9-28(14)22-25-19-15(21(24)26-22)10-16(31-2)20(32-3)18(19)23/h6-7,10,13-14H,4-5,8-9,11-12H2,1-3H3,(H2,24,25,26). The number of piperazine rings is 1. The molecule has 1 saturated heterocycles. The van der Waals surface area contributed by atoms with Gasteiger partial charge in [0.25, 0.3) is 0 Å². The number of anilines is 2. The van der Waals surface area contributed by atoms with Crippen molar-refractivity contribution in [1.82, 2.24) is 14.9 Å². The van der Waals surface area contributed by atoms with Crippen molar-refractivity contribution in [2.75, 3.05) is 58.2 Å². The highest BCUT2D eigenvalue weighted by molar-refractivity contribution is 5.92. The summed E-state index contributed by atoms with van der Waals surface area (Å²) in [5, 5.41) is 0.339. The van der Waals surface area contributed by atoms with E-state index in [1.54, 1.807) is 24.2 Å². The molecule has 1 aromatic heterocycles. The van der Waals surface area contributed by atoms with Crippen LogP contribution < -0.4 is 20.1 Å². The van der Waals surface area contributed by atoms with Crippen molar-refractivity contribution >= 4 is 28.6 Å². The van der Waals surface area contributed by atoms with Crippen LogP contribution in [0.5, 0.6) is 11.5 Å². The molecule has 2 heterocycles. The first kappa shape index (κ1) is 22.1. The van der Waals surface area contributed by atoms with E-state index in [1.165, 1.54) is 14.2 Å². The molecule has 2 fully saturated rings. The molecule has 1 atom stereocenters. The van der Waals surface area contributed by atoms with Gasteiger partial charge in [-0.1, -0.05) is 6.08 Å². The second kappa shape index (κ2) is 9.15. The molecule has 1 saturated carbocycles. The quantitative estimate of drug-likeness (QED) is 0.646. The Morgan fingerprint density at radius 2 is 2.03 bits per heavy atom. The number of allylic oxidation sites excluding steroid dienone is 1. The highest BCUT2D eigenvalue weighted by Crippen LogP contribution is 2.38. The first-order valence-electron chi connectivity index (χ1n) is 10.6. The molecule has 1 aromatic carbocycles. The minimum atomic E-state index is -0.667. The molecule has 10 heteroatoms. The van der Waals surface area contributed by atoms with Crippen LogP contribution in [-0.4, -0.2) is 74.4 Å². The number of carbonyl (C=O) groups excluding carboxylic acids is 1. The van der Waals surface area contributed by atoms with Crippen molar-refractivity contribution in [3.8, 4) is 11.5 Å². The minimum absolute atomic E-state index is 0.0144.